The maximum atomic E-state index is 11.9. The second-order valence-electron chi connectivity index (χ2n) is 5.55. The minimum atomic E-state index is -0.224. The molecule has 6 heteroatoms. The number of amides is 2. The maximum absolute atomic E-state index is 11.9. The molecule has 6 nitrogen and oxygen atoms in total. The van der Waals surface area contributed by atoms with E-state index in [-0.39, 0.29) is 12.6 Å². The van der Waals surface area contributed by atoms with Crippen molar-refractivity contribution in [2.24, 2.45) is 5.92 Å². The van der Waals surface area contributed by atoms with Gasteiger partial charge in [0, 0.05) is 25.0 Å². The first-order chi connectivity index (χ1) is 11.2. The first-order valence-corrected chi connectivity index (χ1v) is 7.98. The molecule has 23 heavy (non-hydrogen) atoms. The second kappa shape index (κ2) is 8.95. The number of anilines is 1. The number of aliphatic hydroxyl groups excluding tert-OH is 1. The molecule has 0 aliphatic carbocycles. The van der Waals surface area contributed by atoms with Crippen LogP contribution in [0.5, 0.6) is 0 Å². The topological polar surface area (TPSA) is 90.0 Å². The van der Waals surface area contributed by atoms with Crippen molar-refractivity contribution in [2.45, 2.75) is 26.2 Å². The van der Waals surface area contributed by atoms with E-state index in [9.17, 15) is 4.79 Å². The number of hydrogen-bond acceptors (Lipinski definition) is 3. The van der Waals surface area contributed by atoms with Crippen molar-refractivity contribution in [2.75, 3.05) is 18.5 Å². The van der Waals surface area contributed by atoms with E-state index < -0.39 is 0 Å². The average molecular weight is 316 g/mol. The Morgan fingerprint density at radius 2 is 2.04 bits per heavy atom. The number of hydrogen-bond donors (Lipinski definition) is 4. The number of H-pyrrole nitrogens is 1. The minimum absolute atomic E-state index is 0.156. The molecular formula is C17H24N4O2. The fraction of sp³-hybridized carbons (Fsp3) is 0.412. The van der Waals surface area contributed by atoms with Crippen molar-refractivity contribution < 1.29 is 9.90 Å². The van der Waals surface area contributed by atoms with Crippen LogP contribution in [-0.4, -0.2) is 34.5 Å². The molecule has 0 spiro atoms. The molecule has 2 aromatic rings. The summed E-state index contributed by atoms with van der Waals surface area (Å²) in [4.78, 5) is 11.9. The molecule has 1 aromatic carbocycles. The van der Waals surface area contributed by atoms with Crippen molar-refractivity contribution in [1.29, 1.82) is 0 Å². The highest BCUT2D eigenvalue weighted by molar-refractivity contribution is 5.89. The molecule has 0 aliphatic heterocycles. The average Bonchev–Trinajstić information content (AvgIpc) is 3.08. The lowest BCUT2D eigenvalue weighted by molar-refractivity contribution is 0.237. The first-order valence-electron chi connectivity index (χ1n) is 7.98. The number of aliphatic hydroxyl groups is 1. The second-order valence-corrected chi connectivity index (χ2v) is 5.55. The number of carbonyl (C=O) groups excluding carboxylic acids is 1. The first kappa shape index (κ1) is 17.0. The van der Waals surface area contributed by atoms with Gasteiger partial charge < -0.3 is 15.7 Å². The molecule has 2 amide bonds. The Hall–Kier alpha value is -2.34. The number of aromatic nitrogens is 2. The largest absolute Gasteiger partial charge is 0.396 e. The zero-order valence-electron chi connectivity index (χ0n) is 13.4. The van der Waals surface area contributed by atoms with Gasteiger partial charge >= 0.3 is 6.03 Å². The Kier molecular flexibility index (Phi) is 6.62. The quantitative estimate of drug-likeness (QED) is 0.603. The number of nitrogens with one attached hydrogen (secondary N) is 3. The molecule has 0 saturated carbocycles. The molecule has 124 valence electrons. The zero-order valence-corrected chi connectivity index (χ0v) is 13.4. The Morgan fingerprint density at radius 3 is 2.65 bits per heavy atom. The Balaban J connectivity index is 1.83. The highest BCUT2D eigenvalue weighted by atomic mass is 16.3. The molecule has 1 atom stereocenters. The van der Waals surface area contributed by atoms with Gasteiger partial charge in [0.1, 0.15) is 0 Å². The summed E-state index contributed by atoms with van der Waals surface area (Å²) >= 11 is 0. The molecule has 0 aliphatic rings. The Labute approximate surface area is 136 Å². The molecule has 0 radical (unpaired) electrons. The monoisotopic (exact) mass is 316 g/mol. The Morgan fingerprint density at radius 1 is 1.26 bits per heavy atom. The van der Waals surface area contributed by atoms with Gasteiger partial charge in [-0.3, -0.25) is 5.10 Å². The van der Waals surface area contributed by atoms with Gasteiger partial charge in [-0.1, -0.05) is 25.5 Å². The molecular weight excluding hydrogens is 292 g/mol. The van der Waals surface area contributed by atoms with E-state index in [1.807, 2.05) is 30.3 Å². The van der Waals surface area contributed by atoms with Gasteiger partial charge in [0.15, 0.2) is 0 Å². The van der Waals surface area contributed by atoms with Crippen LogP contribution < -0.4 is 10.6 Å². The summed E-state index contributed by atoms with van der Waals surface area (Å²) in [6, 6.07) is 9.23. The summed E-state index contributed by atoms with van der Waals surface area (Å²) in [5.74, 6) is 0.318. The van der Waals surface area contributed by atoms with E-state index in [1.165, 1.54) is 0 Å². The third-order valence-corrected chi connectivity index (χ3v) is 3.74. The van der Waals surface area contributed by atoms with Crippen LogP contribution in [0.25, 0.3) is 11.3 Å². The van der Waals surface area contributed by atoms with Gasteiger partial charge in [0.2, 0.25) is 0 Å². The van der Waals surface area contributed by atoms with E-state index in [4.69, 9.17) is 5.11 Å². The number of urea groups is 1. The highest BCUT2D eigenvalue weighted by Gasteiger charge is 2.09. The van der Waals surface area contributed by atoms with Crippen LogP contribution in [0.15, 0.2) is 36.5 Å². The minimum Gasteiger partial charge on any atom is -0.396 e. The van der Waals surface area contributed by atoms with Crippen LogP contribution in [-0.2, 0) is 0 Å². The van der Waals surface area contributed by atoms with Gasteiger partial charge in [-0.05, 0) is 42.5 Å². The third-order valence-electron chi connectivity index (χ3n) is 3.74. The van der Waals surface area contributed by atoms with Gasteiger partial charge in [-0.2, -0.15) is 5.10 Å². The molecule has 0 fully saturated rings. The molecule has 1 unspecified atom stereocenters. The molecule has 4 N–H and O–H groups in total. The molecule has 1 aromatic heterocycles. The maximum Gasteiger partial charge on any atom is 0.319 e. The summed E-state index contributed by atoms with van der Waals surface area (Å²) in [5.41, 5.74) is 2.69. The van der Waals surface area contributed by atoms with E-state index in [0.717, 1.165) is 29.8 Å². The summed E-state index contributed by atoms with van der Waals surface area (Å²) in [6.07, 6.45) is 4.46. The van der Waals surface area contributed by atoms with Crippen LogP contribution in [0.4, 0.5) is 10.5 Å². The fourth-order valence-corrected chi connectivity index (χ4v) is 2.50. The van der Waals surface area contributed by atoms with Gasteiger partial charge in [0.25, 0.3) is 0 Å². The van der Waals surface area contributed by atoms with Crippen molar-refractivity contribution in [3.05, 3.63) is 36.5 Å². The lowest BCUT2D eigenvalue weighted by atomic mass is 10.0. The number of aromatic amines is 1. The molecule has 2 rings (SSSR count). The van der Waals surface area contributed by atoms with Crippen molar-refractivity contribution in [3.63, 3.8) is 0 Å². The van der Waals surface area contributed by atoms with Gasteiger partial charge in [-0.25, -0.2) is 4.79 Å². The molecule has 1 heterocycles. The lowest BCUT2D eigenvalue weighted by Crippen LogP contribution is -2.33. The smallest absolute Gasteiger partial charge is 0.319 e. The van der Waals surface area contributed by atoms with E-state index in [2.05, 4.69) is 27.8 Å². The third kappa shape index (κ3) is 5.41. The van der Waals surface area contributed by atoms with Crippen LogP contribution in [0.2, 0.25) is 0 Å². The predicted octanol–water partition coefficient (Wildman–Crippen LogP) is 3.00. The number of nitrogens with zero attached hydrogens (tertiary/aromatic N) is 1. The number of carbonyl (C=O) groups is 1. The number of rotatable bonds is 8. The normalized spacial score (nSPS) is 11.9. The predicted molar refractivity (Wildman–Crippen MR) is 91.1 cm³/mol. The highest BCUT2D eigenvalue weighted by Crippen LogP contribution is 2.18. The SMILES string of the molecule is CCCC(CCO)CNC(=O)Nc1ccc(-c2ccn[nH]2)cc1. The number of benzene rings is 1. The summed E-state index contributed by atoms with van der Waals surface area (Å²) in [5, 5.41) is 21.5. The summed E-state index contributed by atoms with van der Waals surface area (Å²) in [7, 11) is 0. The van der Waals surface area contributed by atoms with Crippen molar-refractivity contribution >= 4 is 11.7 Å². The summed E-state index contributed by atoms with van der Waals surface area (Å²) in [6.45, 7) is 2.83. The Bertz CT molecular complexity index is 575. The van der Waals surface area contributed by atoms with Crippen LogP contribution in [0.1, 0.15) is 26.2 Å². The summed E-state index contributed by atoms with van der Waals surface area (Å²) < 4.78 is 0. The van der Waals surface area contributed by atoms with Crippen molar-refractivity contribution in [3.8, 4) is 11.3 Å². The van der Waals surface area contributed by atoms with Crippen LogP contribution >= 0.6 is 0 Å². The van der Waals surface area contributed by atoms with E-state index >= 15 is 0 Å². The van der Waals surface area contributed by atoms with Crippen LogP contribution in [0, 0.1) is 5.92 Å². The zero-order chi connectivity index (χ0) is 16.5. The van der Waals surface area contributed by atoms with Crippen molar-refractivity contribution in [1.82, 2.24) is 15.5 Å². The van der Waals surface area contributed by atoms with Crippen LogP contribution in [0.3, 0.4) is 0 Å². The molecule has 0 bridgehead atoms. The van der Waals surface area contributed by atoms with Gasteiger partial charge in [0.05, 0.1) is 5.69 Å². The lowest BCUT2D eigenvalue weighted by Gasteiger charge is -2.16. The molecule has 0 saturated heterocycles. The van der Waals surface area contributed by atoms with E-state index in [0.29, 0.717) is 18.9 Å². The fourth-order valence-electron chi connectivity index (χ4n) is 2.50. The standard InChI is InChI=1S/C17H24N4O2/c1-2-3-13(9-11-22)12-18-17(23)20-15-6-4-14(5-7-15)16-8-10-19-21-16/h4-8,10,13,22H,2-3,9,11-12H2,1H3,(H,19,21)(H2,18,20,23). The van der Waals surface area contributed by atoms with Gasteiger partial charge in [-0.15, -0.1) is 0 Å². The van der Waals surface area contributed by atoms with E-state index in [1.54, 1.807) is 6.20 Å².